The predicted octanol–water partition coefficient (Wildman–Crippen LogP) is 2.68. The highest BCUT2D eigenvalue weighted by molar-refractivity contribution is 7.08. The van der Waals surface area contributed by atoms with Crippen molar-refractivity contribution in [1.29, 1.82) is 0 Å². The van der Waals surface area contributed by atoms with Gasteiger partial charge in [0.25, 0.3) is 0 Å². The molecule has 5 atom stereocenters. The van der Waals surface area contributed by atoms with Crippen molar-refractivity contribution in [2.45, 2.75) is 25.7 Å². The normalized spacial score (nSPS) is 36.6. The van der Waals surface area contributed by atoms with Crippen molar-refractivity contribution >= 4 is 35.0 Å². The number of Topliss-reactive ketones (excluding diaryl/α,β-unsaturated/α-hetero) is 1. The maximum atomic E-state index is 13.2. The molecule has 29 heavy (non-hydrogen) atoms. The highest BCUT2D eigenvalue weighted by Crippen LogP contribution is 2.71. The van der Waals surface area contributed by atoms with Crippen molar-refractivity contribution < 1.29 is 14.4 Å². The second-order valence-corrected chi connectivity index (χ2v) is 10.5. The van der Waals surface area contributed by atoms with Crippen LogP contribution in [-0.2, 0) is 14.4 Å². The SMILES string of the molecule is O=C1C2CC3C1C3C2C(=O)N1CCC2(CCN(C(=O)C=Cc3ccsc3)CC2)C1. The molecule has 1 spiro atoms. The summed E-state index contributed by atoms with van der Waals surface area (Å²) in [4.78, 5) is 41.9. The Balaban J connectivity index is 1.05. The van der Waals surface area contributed by atoms with Crippen molar-refractivity contribution in [2.24, 2.45) is 35.0 Å². The molecule has 4 bridgehead atoms. The second-order valence-electron chi connectivity index (χ2n) is 9.76. The molecular formula is C23H26N2O3S. The van der Waals surface area contributed by atoms with Crippen LogP contribution in [0.4, 0.5) is 0 Å². The van der Waals surface area contributed by atoms with Crippen LogP contribution in [0, 0.1) is 35.0 Å². The summed E-state index contributed by atoms with van der Waals surface area (Å²) < 4.78 is 0. The Morgan fingerprint density at radius 1 is 1.14 bits per heavy atom. The third kappa shape index (κ3) is 2.68. The molecule has 0 N–H and O–H groups in total. The number of likely N-dealkylation sites (tertiary alicyclic amines) is 2. The van der Waals surface area contributed by atoms with Crippen LogP contribution in [0.1, 0.15) is 31.2 Å². The van der Waals surface area contributed by atoms with E-state index in [4.69, 9.17) is 0 Å². The molecule has 5 nitrogen and oxygen atoms in total. The maximum Gasteiger partial charge on any atom is 0.246 e. The quantitative estimate of drug-likeness (QED) is 0.720. The van der Waals surface area contributed by atoms with Gasteiger partial charge in [0, 0.05) is 44.1 Å². The first-order valence-corrected chi connectivity index (χ1v) is 11.8. The second kappa shape index (κ2) is 6.27. The Bertz CT molecular complexity index is 899. The zero-order valence-electron chi connectivity index (χ0n) is 16.5. The van der Waals surface area contributed by atoms with E-state index in [-0.39, 0.29) is 35.0 Å². The van der Waals surface area contributed by atoms with E-state index >= 15 is 0 Å². The number of thiophene rings is 1. The first kappa shape index (κ1) is 17.9. The zero-order chi connectivity index (χ0) is 19.8. The van der Waals surface area contributed by atoms with E-state index in [2.05, 4.69) is 4.90 Å². The highest BCUT2D eigenvalue weighted by atomic mass is 32.1. The van der Waals surface area contributed by atoms with Crippen LogP contribution in [0.2, 0.25) is 0 Å². The average Bonchev–Trinajstić information content (AvgIpc) is 3.31. The number of hydrogen-bond donors (Lipinski definition) is 0. The smallest absolute Gasteiger partial charge is 0.246 e. The summed E-state index contributed by atoms with van der Waals surface area (Å²) in [5.41, 5.74) is 1.24. The molecule has 0 aromatic carbocycles. The molecule has 0 radical (unpaired) electrons. The Labute approximate surface area is 174 Å². The molecule has 2 amide bonds. The monoisotopic (exact) mass is 410 g/mol. The van der Waals surface area contributed by atoms with Crippen LogP contribution < -0.4 is 0 Å². The number of nitrogens with zero attached hydrogens (tertiary/aromatic N) is 2. The lowest BCUT2D eigenvalue weighted by molar-refractivity contribution is -0.138. The minimum Gasteiger partial charge on any atom is -0.342 e. The molecule has 1 aromatic rings. The maximum absolute atomic E-state index is 13.2. The number of amides is 2. The molecule has 7 rings (SSSR count). The van der Waals surface area contributed by atoms with Crippen molar-refractivity contribution in [3.05, 3.63) is 28.5 Å². The van der Waals surface area contributed by atoms with E-state index in [1.165, 1.54) is 0 Å². The number of ketones is 1. The predicted molar refractivity (Wildman–Crippen MR) is 110 cm³/mol. The number of carbonyl (C=O) groups is 3. The van der Waals surface area contributed by atoms with E-state index in [0.717, 1.165) is 57.4 Å². The topological polar surface area (TPSA) is 57.7 Å². The van der Waals surface area contributed by atoms with E-state index in [1.54, 1.807) is 17.4 Å². The van der Waals surface area contributed by atoms with Gasteiger partial charge in [0.1, 0.15) is 5.78 Å². The fourth-order valence-corrected chi connectivity index (χ4v) is 7.39. The van der Waals surface area contributed by atoms with E-state index in [9.17, 15) is 14.4 Å². The van der Waals surface area contributed by atoms with Crippen LogP contribution in [0.15, 0.2) is 22.9 Å². The molecule has 4 saturated carbocycles. The summed E-state index contributed by atoms with van der Waals surface area (Å²) in [7, 11) is 0. The number of rotatable bonds is 3. The molecule has 3 heterocycles. The summed E-state index contributed by atoms with van der Waals surface area (Å²) >= 11 is 1.63. The first-order valence-electron chi connectivity index (χ1n) is 10.9. The van der Waals surface area contributed by atoms with Crippen molar-refractivity contribution in [1.82, 2.24) is 9.80 Å². The van der Waals surface area contributed by atoms with Crippen molar-refractivity contribution in [3.8, 4) is 0 Å². The van der Waals surface area contributed by atoms with Gasteiger partial charge in [0.2, 0.25) is 11.8 Å². The fourth-order valence-electron chi connectivity index (χ4n) is 6.77. The summed E-state index contributed by atoms with van der Waals surface area (Å²) in [6.45, 7) is 3.18. The lowest BCUT2D eigenvalue weighted by Crippen LogP contribution is -2.45. The summed E-state index contributed by atoms with van der Waals surface area (Å²) in [5.74, 6) is 1.91. The summed E-state index contributed by atoms with van der Waals surface area (Å²) in [6.07, 6.45) is 7.51. The number of hydrogen-bond acceptors (Lipinski definition) is 4. The largest absolute Gasteiger partial charge is 0.342 e. The van der Waals surface area contributed by atoms with Crippen LogP contribution in [0.5, 0.6) is 0 Å². The lowest BCUT2D eigenvalue weighted by Gasteiger charge is -2.39. The van der Waals surface area contributed by atoms with Gasteiger partial charge in [-0.25, -0.2) is 0 Å². The standard InChI is InChI=1S/C23H26N2O3S/c26-17(2-1-14-3-10-29-12-14)24-7-4-23(5-8-24)6-9-25(13-23)22(28)20-16-11-15-18(20)19(15)21(16)27/h1-3,10,12,15-16,18-20H,4-9,11,13H2. The minimum atomic E-state index is -0.00319. The highest BCUT2D eigenvalue weighted by Gasteiger charge is 2.75. The zero-order valence-corrected chi connectivity index (χ0v) is 17.3. The van der Waals surface area contributed by atoms with Gasteiger partial charge in [-0.3, -0.25) is 14.4 Å². The van der Waals surface area contributed by atoms with E-state index in [0.29, 0.717) is 17.6 Å². The van der Waals surface area contributed by atoms with Crippen LogP contribution in [0.3, 0.4) is 0 Å². The molecule has 5 unspecified atom stereocenters. The van der Waals surface area contributed by atoms with Crippen molar-refractivity contribution in [3.63, 3.8) is 0 Å². The van der Waals surface area contributed by atoms with Gasteiger partial charge in [-0.2, -0.15) is 11.3 Å². The molecule has 1 aromatic heterocycles. The lowest BCUT2D eigenvalue weighted by atomic mass is 9.77. The van der Waals surface area contributed by atoms with Gasteiger partial charge in [-0.05, 0) is 71.4 Å². The van der Waals surface area contributed by atoms with Crippen LogP contribution >= 0.6 is 11.3 Å². The Morgan fingerprint density at radius 2 is 1.90 bits per heavy atom. The van der Waals surface area contributed by atoms with Gasteiger partial charge in [0.05, 0.1) is 5.92 Å². The van der Waals surface area contributed by atoms with Gasteiger partial charge in [-0.15, -0.1) is 0 Å². The molecular weight excluding hydrogens is 384 g/mol. The summed E-state index contributed by atoms with van der Waals surface area (Å²) in [5, 5.41) is 4.04. The van der Waals surface area contributed by atoms with Crippen LogP contribution in [-0.4, -0.2) is 53.6 Å². The summed E-state index contributed by atoms with van der Waals surface area (Å²) in [6, 6.07) is 2.01. The molecule has 152 valence electrons. The van der Waals surface area contributed by atoms with Gasteiger partial charge < -0.3 is 9.80 Å². The van der Waals surface area contributed by atoms with Gasteiger partial charge in [-0.1, -0.05) is 0 Å². The molecule has 4 aliphatic carbocycles. The first-order chi connectivity index (χ1) is 14.1. The van der Waals surface area contributed by atoms with Gasteiger partial charge >= 0.3 is 0 Å². The molecule has 2 saturated heterocycles. The molecule has 2 aliphatic heterocycles. The Hall–Kier alpha value is -1.95. The molecule has 6 fully saturated rings. The average molecular weight is 411 g/mol. The fraction of sp³-hybridized carbons (Fsp3) is 0.609. The van der Waals surface area contributed by atoms with Crippen LogP contribution in [0.25, 0.3) is 6.08 Å². The third-order valence-corrected chi connectivity index (χ3v) is 9.13. The molecule has 6 aliphatic rings. The van der Waals surface area contributed by atoms with E-state index in [1.807, 2.05) is 27.8 Å². The Kier molecular flexibility index (Phi) is 3.87. The van der Waals surface area contributed by atoms with E-state index < -0.39 is 0 Å². The number of carbonyl (C=O) groups excluding carboxylic acids is 3. The minimum absolute atomic E-state index is 0.00319. The Morgan fingerprint density at radius 3 is 2.48 bits per heavy atom. The van der Waals surface area contributed by atoms with Crippen molar-refractivity contribution in [2.75, 3.05) is 26.2 Å². The van der Waals surface area contributed by atoms with Gasteiger partial charge in [0.15, 0.2) is 0 Å². The third-order valence-electron chi connectivity index (χ3n) is 8.43. The molecule has 6 heteroatoms. The number of piperidine rings is 1.